The number of carbonyl (C=O) groups is 2. The van der Waals surface area contributed by atoms with E-state index in [1.165, 1.54) is 0 Å². The summed E-state index contributed by atoms with van der Waals surface area (Å²) in [5.41, 5.74) is 0.354. The van der Waals surface area contributed by atoms with E-state index in [2.05, 4.69) is 11.9 Å². The molecule has 0 radical (unpaired) electrons. The standard InChI is InChI=1S/C14H20N2O3S/c1-3-19-14(18)12-15-11(9-20-12)13(17)16-7-4-5-10(2)6-8-16/h9-10H,3-8H2,1-2H3. The molecule has 1 aliphatic rings. The maximum absolute atomic E-state index is 12.4. The Balaban J connectivity index is 2.03. The minimum atomic E-state index is -0.457. The number of carbonyl (C=O) groups excluding carboxylic acids is 2. The monoisotopic (exact) mass is 296 g/mol. The average molecular weight is 296 g/mol. The second-order valence-corrected chi connectivity index (χ2v) is 5.94. The van der Waals surface area contributed by atoms with Crippen molar-refractivity contribution in [2.45, 2.75) is 33.1 Å². The molecule has 1 aromatic rings. The Hall–Kier alpha value is -1.43. The van der Waals surface area contributed by atoms with Crippen molar-refractivity contribution in [2.24, 2.45) is 5.92 Å². The molecule has 0 aromatic carbocycles. The minimum absolute atomic E-state index is 0.0779. The molecule has 1 amide bonds. The van der Waals surface area contributed by atoms with Gasteiger partial charge in [-0.15, -0.1) is 11.3 Å². The van der Waals surface area contributed by atoms with Crippen LogP contribution in [-0.4, -0.2) is 41.5 Å². The van der Waals surface area contributed by atoms with Crippen LogP contribution >= 0.6 is 11.3 Å². The number of thiazole rings is 1. The van der Waals surface area contributed by atoms with Crippen LogP contribution in [0, 0.1) is 5.92 Å². The van der Waals surface area contributed by atoms with Gasteiger partial charge < -0.3 is 9.64 Å². The average Bonchev–Trinajstić information content (AvgIpc) is 2.82. The lowest BCUT2D eigenvalue weighted by molar-refractivity contribution is 0.0526. The number of amides is 1. The Labute approximate surface area is 122 Å². The summed E-state index contributed by atoms with van der Waals surface area (Å²) in [7, 11) is 0. The van der Waals surface area contributed by atoms with Crippen molar-refractivity contribution in [3.8, 4) is 0 Å². The number of likely N-dealkylation sites (tertiary alicyclic amines) is 1. The molecule has 1 aliphatic heterocycles. The van der Waals surface area contributed by atoms with Crippen molar-refractivity contribution in [2.75, 3.05) is 19.7 Å². The van der Waals surface area contributed by atoms with Crippen LogP contribution in [-0.2, 0) is 4.74 Å². The number of esters is 1. The van der Waals surface area contributed by atoms with Gasteiger partial charge in [-0.1, -0.05) is 6.92 Å². The third kappa shape index (κ3) is 3.56. The van der Waals surface area contributed by atoms with E-state index in [1.54, 1.807) is 12.3 Å². The molecule has 1 saturated heterocycles. The van der Waals surface area contributed by atoms with Crippen LogP contribution < -0.4 is 0 Å². The summed E-state index contributed by atoms with van der Waals surface area (Å²) in [5.74, 6) is 0.130. The van der Waals surface area contributed by atoms with Crippen LogP contribution in [0.15, 0.2) is 5.38 Å². The van der Waals surface area contributed by atoms with Gasteiger partial charge in [0.25, 0.3) is 5.91 Å². The Morgan fingerprint density at radius 2 is 2.25 bits per heavy atom. The molecular weight excluding hydrogens is 276 g/mol. The highest BCUT2D eigenvalue weighted by molar-refractivity contribution is 7.11. The Kier molecular flexibility index (Phi) is 5.11. The van der Waals surface area contributed by atoms with Crippen molar-refractivity contribution >= 4 is 23.2 Å². The van der Waals surface area contributed by atoms with Gasteiger partial charge in [0.05, 0.1) is 6.61 Å². The molecule has 1 unspecified atom stereocenters. The third-order valence-corrected chi connectivity index (χ3v) is 4.30. The topological polar surface area (TPSA) is 59.5 Å². The first-order valence-electron chi connectivity index (χ1n) is 7.03. The maximum Gasteiger partial charge on any atom is 0.367 e. The summed E-state index contributed by atoms with van der Waals surface area (Å²) in [6.45, 7) is 5.82. The molecular formula is C14H20N2O3S. The Morgan fingerprint density at radius 3 is 3.00 bits per heavy atom. The zero-order chi connectivity index (χ0) is 14.5. The lowest BCUT2D eigenvalue weighted by atomic mass is 10.0. The van der Waals surface area contributed by atoms with Gasteiger partial charge >= 0.3 is 5.97 Å². The van der Waals surface area contributed by atoms with E-state index in [1.807, 2.05) is 4.90 Å². The Bertz CT molecular complexity index is 487. The Morgan fingerprint density at radius 1 is 1.45 bits per heavy atom. The summed E-state index contributed by atoms with van der Waals surface area (Å²) in [6, 6.07) is 0. The van der Waals surface area contributed by atoms with Crippen LogP contribution in [0.25, 0.3) is 0 Å². The highest BCUT2D eigenvalue weighted by Crippen LogP contribution is 2.19. The lowest BCUT2D eigenvalue weighted by Gasteiger charge is -2.19. The molecule has 1 aromatic heterocycles. The molecule has 0 N–H and O–H groups in total. The summed E-state index contributed by atoms with van der Waals surface area (Å²) in [6.07, 6.45) is 3.22. The van der Waals surface area contributed by atoms with Gasteiger partial charge in [-0.25, -0.2) is 9.78 Å². The molecule has 5 nitrogen and oxygen atoms in total. The van der Waals surface area contributed by atoms with Crippen LogP contribution in [0.3, 0.4) is 0 Å². The van der Waals surface area contributed by atoms with Crippen LogP contribution in [0.5, 0.6) is 0 Å². The van der Waals surface area contributed by atoms with Crippen molar-refractivity contribution in [3.05, 3.63) is 16.1 Å². The summed E-state index contributed by atoms with van der Waals surface area (Å²) < 4.78 is 4.88. The lowest BCUT2D eigenvalue weighted by Crippen LogP contribution is -2.32. The number of hydrogen-bond acceptors (Lipinski definition) is 5. The first-order chi connectivity index (χ1) is 9.61. The van der Waals surface area contributed by atoms with Gasteiger partial charge in [0, 0.05) is 18.5 Å². The van der Waals surface area contributed by atoms with Crippen LogP contribution in [0.4, 0.5) is 0 Å². The molecule has 1 atom stereocenters. The number of rotatable bonds is 3. The SMILES string of the molecule is CCOC(=O)c1nc(C(=O)N2CCCC(C)CC2)cs1. The molecule has 20 heavy (non-hydrogen) atoms. The summed E-state index contributed by atoms with van der Waals surface area (Å²) >= 11 is 1.16. The van der Waals surface area contributed by atoms with Crippen molar-refractivity contribution in [3.63, 3.8) is 0 Å². The molecule has 2 heterocycles. The number of nitrogens with zero attached hydrogens (tertiary/aromatic N) is 2. The van der Waals surface area contributed by atoms with Gasteiger partial charge in [0.1, 0.15) is 5.69 Å². The van der Waals surface area contributed by atoms with Gasteiger partial charge in [0.15, 0.2) is 0 Å². The van der Waals surface area contributed by atoms with Gasteiger partial charge in [-0.3, -0.25) is 4.79 Å². The molecule has 0 aliphatic carbocycles. The van der Waals surface area contributed by atoms with E-state index in [0.717, 1.165) is 43.7 Å². The van der Waals surface area contributed by atoms with E-state index >= 15 is 0 Å². The fraction of sp³-hybridized carbons (Fsp3) is 0.643. The summed E-state index contributed by atoms with van der Waals surface area (Å²) in [5, 5.41) is 1.89. The first kappa shape index (κ1) is 15.0. The van der Waals surface area contributed by atoms with Crippen molar-refractivity contribution in [1.82, 2.24) is 9.88 Å². The third-order valence-electron chi connectivity index (χ3n) is 3.48. The zero-order valence-corrected chi connectivity index (χ0v) is 12.7. The van der Waals surface area contributed by atoms with Crippen molar-refractivity contribution < 1.29 is 14.3 Å². The largest absolute Gasteiger partial charge is 0.461 e. The van der Waals surface area contributed by atoms with Crippen LogP contribution in [0.2, 0.25) is 0 Å². The molecule has 0 spiro atoms. The minimum Gasteiger partial charge on any atom is -0.461 e. The van der Waals surface area contributed by atoms with Gasteiger partial charge in [-0.05, 0) is 32.1 Å². The molecule has 0 bridgehead atoms. The first-order valence-corrected chi connectivity index (χ1v) is 7.91. The van der Waals surface area contributed by atoms with Gasteiger partial charge in [-0.2, -0.15) is 0 Å². The van der Waals surface area contributed by atoms with Crippen LogP contribution in [0.1, 0.15) is 53.4 Å². The van der Waals surface area contributed by atoms with Gasteiger partial charge in [0.2, 0.25) is 5.01 Å². The van der Waals surface area contributed by atoms with E-state index in [9.17, 15) is 9.59 Å². The van der Waals surface area contributed by atoms with E-state index < -0.39 is 5.97 Å². The molecule has 1 fully saturated rings. The zero-order valence-electron chi connectivity index (χ0n) is 11.9. The smallest absolute Gasteiger partial charge is 0.367 e. The fourth-order valence-electron chi connectivity index (χ4n) is 2.29. The highest BCUT2D eigenvalue weighted by atomic mass is 32.1. The normalized spacial score (nSPS) is 19.5. The second kappa shape index (κ2) is 6.83. The number of hydrogen-bond donors (Lipinski definition) is 0. The van der Waals surface area contributed by atoms with Crippen molar-refractivity contribution in [1.29, 1.82) is 0 Å². The molecule has 110 valence electrons. The number of aromatic nitrogens is 1. The van der Waals surface area contributed by atoms with E-state index in [-0.39, 0.29) is 10.9 Å². The molecule has 2 rings (SSSR count). The highest BCUT2D eigenvalue weighted by Gasteiger charge is 2.23. The maximum atomic E-state index is 12.4. The predicted octanol–water partition coefficient (Wildman–Crippen LogP) is 2.58. The molecule has 0 saturated carbocycles. The molecule has 6 heteroatoms. The quantitative estimate of drug-likeness (QED) is 0.804. The predicted molar refractivity (Wildman–Crippen MR) is 77.0 cm³/mol. The second-order valence-electron chi connectivity index (χ2n) is 5.09. The fourth-order valence-corrected chi connectivity index (χ4v) is 2.97. The van der Waals surface area contributed by atoms with E-state index in [0.29, 0.717) is 18.2 Å². The summed E-state index contributed by atoms with van der Waals surface area (Å²) in [4.78, 5) is 29.9. The number of ether oxygens (including phenoxy) is 1. The van der Waals surface area contributed by atoms with E-state index in [4.69, 9.17) is 4.74 Å².